The summed E-state index contributed by atoms with van der Waals surface area (Å²) < 4.78 is 0. The molecule has 0 aliphatic heterocycles. The molecular weight excluding hydrogens is 158 g/mol. The van der Waals surface area contributed by atoms with Gasteiger partial charge in [-0.2, -0.15) is 0 Å². The number of halogens is 1. The van der Waals surface area contributed by atoms with Gasteiger partial charge in [0.15, 0.2) is 34.7 Å². The van der Waals surface area contributed by atoms with Gasteiger partial charge in [-0.05, 0) is 0 Å². The molecule has 0 aromatic carbocycles. The van der Waals surface area contributed by atoms with E-state index in [9.17, 15) is 0 Å². The number of alkyl halides is 1. The Hall–Kier alpha value is 1.54. The van der Waals surface area contributed by atoms with E-state index in [1.54, 1.807) is 0 Å². The minimum absolute atomic E-state index is 0. The highest BCUT2D eigenvalue weighted by Crippen LogP contribution is 1.67. The van der Waals surface area contributed by atoms with E-state index >= 15 is 0 Å². The maximum Gasteiger partial charge on any atom is 0.187 e. The van der Waals surface area contributed by atoms with Crippen molar-refractivity contribution in [1.82, 2.24) is 0 Å². The summed E-state index contributed by atoms with van der Waals surface area (Å²) in [4.78, 5) is 0. The van der Waals surface area contributed by atoms with Gasteiger partial charge in [-0.1, -0.05) is 22.9 Å². The molecule has 0 rings (SSSR count). The highest BCUT2D eigenvalue weighted by atomic mass is 79.9. The summed E-state index contributed by atoms with van der Waals surface area (Å²) >= 11 is 3.15. The number of hydrogen-bond donors (Lipinski definition) is 0. The minimum atomic E-state index is 0. The number of rotatable bonds is 0. The smallest absolute Gasteiger partial charge is 0.0931 e. The van der Waals surface area contributed by atoms with Crippen molar-refractivity contribution in [3.63, 3.8) is 0 Å². The van der Waals surface area contributed by atoms with Gasteiger partial charge in [0.1, 0.15) is 0 Å². The molecule has 32 valence electrons. The van der Waals surface area contributed by atoms with Gasteiger partial charge in [0, 0.05) is 5.33 Å². The van der Waals surface area contributed by atoms with Crippen LogP contribution in [0.25, 0.3) is 0 Å². The van der Waals surface area contributed by atoms with Crippen molar-refractivity contribution in [3.8, 4) is 0 Å². The minimum Gasteiger partial charge on any atom is -0.0931 e. The molecule has 0 atom stereocenters. The Bertz CT molecular complexity index is 7.61. The molecule has 0 amide bonds. The van der Waals surface area contributed by atoms with Gasteiger partial charge in [-0.25, -0.2) is 0 Å². The zero-order valence-corrected chi connectivity index (χ0v) is 3.67. The van der Waals surface area contributed by atoms with Crippen LogP contribution in [0.2, 0.25) is 0 Å². The van der Waals surface area contributed by atoms with Crippen LogP contribution in [-0.2, 0) is 0 Å². The second-order valence-electron chi connectivity index (χ2n) is 0.267. The first-order chi connectivity index (χ1) is 1.41. The first-order valence-electron chi connectivity index (χ1n) is 0.974. The molecule has 0 saturated carbocycles. The second kappa shape index (κ2) is 17.7. The lowest BCUT2D eigenvalue weighted by Crippen LogP contribution is -1.34. The Kier molecular flexibility index (Phi) is 56.6. The van der Waals surface area contributed by atoms with E-state index in [0.717, 1.165) is 5.33 Å². The fourth-order valence-electron chi connectivity index (χ4n) is 0. The van der Waals surface area contributed by atoms with Crippen LogP contribution in [0.3, 0.4) is 0 Å². The molecule has 0 bridgehead atoms. The first kappa shape index (κ1) is 16.0. The molecule has 0 unspecified atom stereocenters. The molecule has 5 heavy (non-hydrogen) atoms. The third-order valence-electron chi connectivity index (χ3n) is 0. The quantitative estimate of drug-likeness (QED) is 0.323. The topological polar surface area (TPSA) is 0 Å². The van der Waals surface area contributed by atoms with Gasteiger partial charge >= 0.3 is 0 Å². The lowest BCUT2D eigenvalue weighted by Gasteiger charge is -1.45. The maximum atomic E-state index is 3.15. The van der Waals surface area contributed by atoms with E-state index in [1.165, 1.54) is 0 Å². The van der Waals surface area contributed by atoms with Crippen molar-refractivity contribution < 1.29 is 0 Å². The molecule has 0 fully saturated rings. The van der Waals surface area contributed by atoms with Crippen molar-refractivity contribution in [3.05, 3.63) is 0 Å². The average Bonchev–Trinajstić information content (AvgIpc) is 0.918. The van der Waals surface area contributed by atoms with Crippen LogP contribution in [0, 0.1) is 0 Å². The Balaban J connectivity index is -0.0000000200. The second-order valence-corrected chi connectivity index (χ2v) is 1.39. The molecule has 0 spiro atoms. The summed E-state index contributed by atoms with van der Waals surface area (Å²) in [6, 6.07) is 0. The predicted molar refractivity (Wildman–Crippen MR) is 39.3 cm³/mol. The molecule has 0 N–H and O–H groups in total. The Morgan fingerprint density at radius 3 is 1.40 bits per heavy atom. The van der Waals surface area contributed by atoms with E-state index in [4.69, 9.17) is 0 Å². The highest BCUT2D eigenvalue weighted by Gasteiger charge is 1.38. The van der Waals surface area contributed by atoms with Gasteiger partial charge < -0.3 is 0 Å². The van der Waals surface area contributed by atoms with Crippen LogP contribution in [0.1, 0.15) is 6.92 Å². The fraction of sp³-hybridized carbons (Fsp3) is 1.00. The first-order valence-corrected chi connectivity index (χ1v) is 2.10. The third-order valence-corrected chi connectivity index (χ3v) is 0. The predicted octanol–water partition coefficient (Wildman–Crippen LogP) is -0.967. The van der Waals surface area contributed by atoms with Crippen molar-refractivity contribution >= 4 is 50.7 Å². The van der Waals surface area contributed by atoms with Gasteiger partial charge in [0.25, 0.3) is 0 Å². The van der Waals surface area contributed by atoms with Gasteiger partial charge in [-0.15, -0.1) is 0 Å². The Labute approximate surface area is 62.7 Å². The lowest BCUT2D eigenvalue weighted by molar-refractivity contribution is 1.56. The van der Waals surface area contributed by atoms with Gasteiger partial charge in [0.2, 0.25) is 0 Å². The van der Waals surface area contributed by atoms with Crippen molar-refractivity contribution in [1.29, 1.82) is 0 Å². The molecule has 3 heteroatoms. The molecule has 0 aromatic heterocycles. The molecule has 0 saturated heterocycles. The van der Waals surface area contributed by atoms with Crippen LogP contribution < -0.4 is 0 Å². The maximum absolute atomic E-state index is 3.15. The summed E-state index contributed by atoms with van der Waals surface area (Å²) in [7, 11) is 0. The van der Waals surface area contributed by atoms with Crippen LogP contribution in [0.4, 0.5) is 0 Å². The molecule has 0 heterocycles. The van der Waals surface area contributed by atoms with Crippen LogP contribution in [0.15, 0.2) is 0 Å². The largest absolute Gasteiger partial charge is 0.187 e. The number of hydrogen-bond acceptors (Lipinski definition) is 0. The van der Waals surface area contributed by atoms with E-state index in [1.807, 2.05) is 6.92 Å². The molecular formula is C2H11Al2Br. The standard InChI is InChI=1S/C2H5Br.2Al.6H/c1-2-3;;;;;;;;/h2H2,1H3;;;;;;;;. The van der Waals surface area contributed by atoms with E-state index in [0.29, 0.717) is 0 Å². The van der Waals surface area contributed by atoms with Crippen LogP contribution in [-0.4, -0.2) is 40.1 Å². The Morgan fingerprint density at radius 2 is 1.40 bits per heavy atom. The molecule has 0 aliphatic rings. The summed E-state index contributed by atoms with van der Waals surface area (Å²) in [6.07, 6.45) is 0. The average molecular weight is 169 g/mol. The summed E-state index contributed by atoms with van der Waals surface area (Å²) in [6.45, 7) is 2.04. The normalized spacial score (nSPS) is 3.60. The molecule has 0 aromatic rings. The molecule has 0 aliphatic carbocycles. The zero-order valence-electron chi connectivity index (χ0n) is 2.09. The van der Waals surface area contributed by atoms with E-state index in [-0.39, 0.29) is 34.7 Å². The fourth-order valence-corrected chi connectivity index (χ4v) is 0. The zero-order chi connectivity index (χ0) is 2.71. The lowest BCUT2D eigenvalue weighted by atomic mass is 11.0. The van der Waals surface area contributed by atoms with Crippen molar-refractivity contribution in [2.24, 2.45) is 0 Å². The van der Waals surface area contributed by atoms with Crippen molar-refractivity contribution in [2.75, 3.05) is 5.33 Å². The monoisotopic (exact) mass is 168 g/mol. The third kappa shape index (κ3) is 29.2. The Morgan fingerprint density at radius 1 is 1.40 bits per heavy atom. The SMILES string of the molecule is CCBr.[AlH3].[AlH3]. The molecule has 0 radical (unpaired) electrons. The van der Waals surface area contributed by atoms with Crippen LogP contribution >= 0.6 is 15.9 Å². The van der Waals surface area contributed by atoms with Gasteiger partial charge in [0.05, 0.1) is 0 Å². The molecule has 0 nitrogen and oxygen atoms in total. The van der Waals surface area contributed by atoms with E-state index < -0.39 is 0 Å². The summed E-state index contributed by atoms with van der Waals surface area (Å²) in [5.41, 5.74) is 0. The van der Waals surface area contributed by atoms with Crippen molar-refractivity contribution in [2.45, 2.75) is 6.92 Å². The van der Waals surface area contributed by atoms with Gasteiger partial charge in [-0.3, -0.25) is 0 Å². The highest BCUT2D eigenvalue weighted by molar-refractivity contribution is 9.09. The summed E-state index contributed by atoms with van der Waals surface area (Å²) in [5, 5.41) is 1.06. The van der Waals surface area contributed by atoms with E-state index in [2.05, 4.69) is 15.9 Å². The van der Waals surface area contributed by atoms with Crippen LogP contribution in [0.5, 0.6) is 0 Å². The summed E-state index contributed by atoms with van der Waals surface area (Å²) in [5.74, 6) is 0.